The van der Waals surface area contributed by atoms with E-state index in [9.17, 15) is 0 Å². The zero-order valence-electron chi connectivity index (χ0n) is 31.0. The fourth-order valence-electron chi connectivity index (χ4n) is 9.35. The number of hydrogen-bond donors (Lipinski definition) is 0. The Balaban J connectivity index is 1.17. The van der Waals surface area contributed by atoms with Gasteiger partial charge in [-0.05, 0) is 76.9 Å². The van der Waals surface area contributed by atoms with Crippen LogP contribution in [-0.2, 0) is 0 Å². The molecule has 12 rings (SSSR count). The molecule has 12 aromatic rings. The van der Waals surface area contributed by atoms with E-state index in [0.717, 1.165) is 17.1 Å². The van der Waals surface area contributed by atoms with Gasteiger partial charge in [-0.2, -0.15) is 0 Å². The Morgan fingerprint density at radius 3 is 1.26 bits per heavy atom. The van der Waals surface area contributed by atoms with Crippen molar-refractivity contribution in [1.82, 2.24) is 13.7 Å². The number of benzene rings is 9. The quantitative estimate of drug-likeness (QED) is 0.168. The average molecular weight is 726 g/mol. The fourth-order valence-corrected chi connectivity index (χ4v) is 9.35. The third-order valence-electron chi connectivity index (χ3n) is 11.8. The minimum atomic E-state index is 1.13. The zero-order valence-corrected chi connectivity index (χ0v) is 31.0. The first-order valence-electron chi connectivity index (χ1n) is 19.6. The Bertz CT molecular complexity index is 3470. The van der Waals surface area contributed by atoms with Gasteiger partial charge in [-0.15, -0.1) is 0 Å². The fraction of sp³-hybridized carbons (Fsp3) is 0. The van der Waals surface area contributed by atoms with Crippen LogP contribution in [0.5, 0.6) is 0 Å². The number of rotatable bonds is 5. The number of para-hydroxylation sites is 4. The van der Waals surface area contributed by atoms with Crippen molar-refractivity contribution >= 4 is 65.4 Å². The van der Waals surface area contributed by atoms with Gasteiger partial charge in [0.1, 0.15) is 0 Å². The van der Waals surface area contributed by atoms with E-state index in [2.05, 4.69) is 226 Å². The highest BCUT2D eigenvalue weighted by Gasteiger charge is 2.24. The van der Waals surface area contributed by atoms with E-state index in [-0.39, 0.29) is 0 Å². The maximum Gasteiger partial charge on any atom is 0.0782 e. The maximum atomic E-state index is 2.54. The second kappa shape index (κ2) is 12.5. The maximum absolute atomic E-state index is 2.54. The first-order valence-corrected chi connectivity index (χ1v) is 19.6. The van der Waals surface area contributed by atoms with Crippen LogP contribution in [0, 0.1) is 0 Å². The highest BCUT2D eigenvalue weighted by atomic mass is 15.1. The second-order valence-electron chi connectivity index (χ2n) is 14.9. The molecule has 0 spiro atoms. The van der Waals surface area contributed by atoms with Crippen LogP contribution in [0.2, 0.25) is 0 Å². The Kier molecular flexibility index (Phi) is 6.93. The smallest absolute Gasteiger partial charge is 0.0782 e. The monoisotopic (exact) mass is 725 g/mol. The van der Waals surface area contributed by atoms with Gasteiger partial charge in [0.25, 0.3) is 0 Å². The van der Waals surface area contributed by atoms with Crippen molar-refractivity contribution in [3.05, 3.63) is 212 Å². The lowest BCUT2D eigenvalue weighted by Gasteiger charge is -2.15. The van der Waals surface area contributed by atoms with Crippen molar-refractivity contribution in [2.75, 3.05) is 0 Å². The molecular formula is C54H35N3. The molecule has 266 valence electrons. The molecule has 0 aliphatic carbocycles. The van der Waals surface area contributed by atoms with Crippen LogP contribution in [0.3, 0.4) is 0 Å². The van der Waals surface area contributed by atoms with Crippen LogP contribution in [0.15, 0.2) is 212 Å². The molecule has 0 aliphatic rings. The number of nitrogens with zero attached hydrogens (tertiary/aromatic N) is 3. The molecule has 0 fully saturated rings. The Hall–Kier alpha value is -7.62. The summed E-state index contributed by atoms with van der Waals surface area (Å²) in [5.41, 5.74) is 15.4. The van der Waals surface area contributed by atoms with Crippen molar-refractivity contribution in [3.63, 3.8) is 0 Å². The number of fused-ring (bicyclic) bond motifs is 10. The standard InChI is InChI=1S/C54H35N3/c1-3-14-36(15-4-1)38-26-30-40(31-27-38)55-49-24-12-9-20-46(49)52-50(55)35-34-45-43-19-8-11-23-48(43)57(54(45)52)51-25-13-21-44-42-18-7-10-22-47(42)56(53(44)51)41-32-28-39(29-33-41)37-16-5-2-6-17-37/h1-35H. The Morgan fingerprint density at radius 1 is 0.228 bits per heavy atom. The van der Waals surface area contributed by atoms with Gasteiger partial charge in [-0.1, -0.05) is 158 Å². The van der Waals surface area contributed by atoms with Gasteiger partial charge in [0.2, 0.25) is 0 Å². The van der Waals surface area contributed by atoms with E-state index in [1.807, 2.05) is 0 Å². The zero-order chi connectivity index (χ0) is 37.5. The topological polar surface area (TPSA) is 14.8 Å². The third kappa shape index (κ3) is 4.73. The van der Waals surface area contributed by atoms with Crippen LogP contribution in [-0.4, -0.2) is 13.7 Å². The number of aromatic nitrogens is 3. The van der Waals surface area contributed by atoms with Crippen molar-refractivity contribution in [2.45, 2.75) is 0 Å². The highest BCUT2D eigenvalue weighted by Crippen LogP contribution is 2.44. The molecule has 57 heavy (non-hydrogen) atoms. The van der Waals surface area contributed by atoms with Crippen LogP contribution in [0.4, 0.5) is 0 Å². The molecular weight excluding hydrogens is 691 g/mol. The largest absolute Gasteiger partial charge is 0.309 e. The van der Waals surface area contributed by atoms with Gasteiger partial charge in [-0.25, -0.2) is 0 Å². The Morgan fingerprint density at radius 2 is 0.667 bits per heavy atom. The van der Waals surface area contributed by atoms with Crippen molar-refractivity contribution in [2.24, 2.45) is 0 Å². The van der Waals surface area contributed by atoms with Gasteiger partial charge < -0.3 is 13.7 Å². The molecule has 0 aliphatic heterocycles. The molecule has 0 atom stereocenters. The molecule has 9 aromatic carbocycles. The van der Waals surface area contributed by atoms with Crippen LogP contribution < -0.4 is 0 Å². The summed E-state index contributed by atoms with van der Waals surface area (Å²) in [4.78, 5) is 0. The minimum Gasteiger partial charge on any atom is -0.309 e. The molecule has 0 unspecified atom stereocenters. The lowest BCUT2D eigenvalue weighted by molar-refractivity contribution is 1.13. The van der Waals surface area contributed by atoms with E-state index in [0.29, 0.717) is 0 Å². The van der Waals surface area contributed by atoms with E-state index >= 15 is 0 Å². The highest BCUT2D eigenvalue weighted by molar-refractivity contribution is 6.27. The normalized spacial score (nSPS) is 11.9. The third-order valence-corrected chi connectivity index (χ3v) is 11.8. The molecule has 0 amide bonds. The summed E-state index contributed by atoms with van der Waals surface area (Å²) in [6.45, 7) is 0. The summed E-state index contributed by atoms with van der Waals surface area (Å²) in [7, 11) is 0. The first kappa shape index (κ1) is 31.7. The molecule has 0 saturated heterocycles. The van der Waals surface area contributed by atoms with E-state index < -0.39 is 0 Å². The van der Waals surface area contributed by atoms with Gasteiger partial charge >= 0.3 is 0 Å². The second-order valence-corrected chi connectivity index (χ2v) is 14.9. The van der Waals surface area contributed by atoms with Crippen LogP contribution in [0.1, 0.15) is 0 Å². The lowest BCUT2D eigenvalue weighted by atomic mass is 10.1. The van der Waals surface area contributed by atoms with E-state index in [1.54, 1.807) is 0 Å². The summed E-state index contributed by atoms with van der Waals surface area (Å²) < 4.78 is 7.44. The van der Waals surface area contributed by atoms with Gasteiger partial charge in [0.15, 0.2) is 0 Å². The molecule has 3 heteroatoms. The summed E-state index contributed by atoms with van der Waals surface area (Å²) >= 11 is 0. The summed E-state index contributed by atoms with van der Waals surface area (Å²) in [6.07, 6.45) is 0. The predicted molar refractivity (Wildman–Crippen MR) is 240 cm³/mol. The van der Waals surface area contributed by atoms with Crippen molar-refractivity contribution in [3.8, 4) is 39.3 Å². The minimum absolute atomic E-state index is 1.13. The summed E-state index contributed by atoms with van der Waals surface area (Å²) in [5, 5.41) is 7.44. The lowest BCUT2D eigenvalue weighted by Crippen LogP contribution is -2.01. The molecule has 3 nitrogen and oxygen atoms in total. The van der Waals surface area contributed by atoms with E-state index in [1.165, 1.54) is 87.7 Å². The average Bonchev–Trinajstić information content (AvgIpc) is 3.93. The van der Waals surface area contributed by atoms with Crippen molar-refractivity contribution in [1.29, 1.82) is 0 Å². The molecule has 3 heterocycles. The van der Waals surface area contributed by atoms with Gasteiger partial charge in [0.05, 0.1) is 38.8 Å². The summed E-state index contributed by atoms with van der Waals surface area (Å²) in [5.74, 6) is 0. The first-order chi connectivity index (χ1) is 28.3. The van der Waals surface area contributed by atoms with Gasteiger partial charge in [0, 0.05) is 43.7 Å². The molecule has 0 N–H and O–H groups in total. The van der Waals surface area contributed by atoms with Crippen LogP contribution in [0.25, 0.3) is 105 Å². The Labute approximate surface area is 329 Å². The number of hydrogen-bond acceptors (Lipinski definition) is 0. The summed E-state index contributed by atoms with van der Waals surface area (Å²) in [6, 6.07) is 77.4. The van der Waals surface area contributed by atoms with Crippen LogP contribution >= 0.6 is 0 Å². The molecule has 0 bridgehead atoms. The molecule has 0 radical (unpaired) electrons. The SMILES string of the molecule is c1ccc(-c2ccc(-n3c4ccccc4c4c3ccc3c5ccccc5n(-c5cccc6c7ccccc7n(-c7ccc(-c8ccccc8)cc7)c56)c34)cc2)cc1. The molecule has 0 saturated carbocycles. The van der Waals surface area contributed by atoms with Crippen molar-refractivity contribution < 1.29 is 0 Å². The van der Waals surface area contributed by atoms with E-state index in [4.69, 9.17) is 0 Å². The predicted octanol–water partition coefficient (Wildman–Crippen LogP) is 14.3. The molecule has 3 aromatic heterocycles. The van der Waals surface area contributed by atoms with Gasteiger partial charge in [-0.3, -0.25) is 0 Å².